The van der Waals surface area contributed by atoms with Gasteiger partial charge < -0.3 is 14.3 Å². The van der Waals surface area contributed by atoms with Gasteiger partial charge in [0.1, 0.15) is 0 Å². The number of benzene rings is 2. The number of nitrogens with zero attached hydrogens (tertiary/aromatic N) is 3. The lowest BCUT2D eigenvalue weighted by atomic mass is 10.0. The molecule has 1 aromatic heterocycles. The van der Waals surface area contributed by atoms with E-state index in [1.165, 1.54) is 6.07 Å². The van der Waals surface area contributed by atoms with E-state index >= 15 is 0 Å². The first-order valence-electron chi connectivity index (χ1n) is 9.30. The van der Waals surface area contributed by atoms with E-state index in [1.54, 1.807) is 30.0 Å². The Labute approximate surface area is 166 Å². The normalized spacial score (nSPS) is 14.2. The van der Waals surface area contributed by atoms with Crippen LogP contribution >= 0.6 is 0 Å². The number of aryl methyl sites for hydroxylation is 1. The van der Waals surface area contributed by atoms with Gasteiger partial charge in [-0.1, -0.05) is 29.4 Å². The van der Waals surface area contributed by atoms with Crippen molar-refractivity contribution in [3.63, 3.8) is 0 Å². The maximum absolute atomic E-state index is 14.1. The largest absolute Gasteiger partial charge is 0.368 e. The zero-order valence-corrected chi connectivity index (χ0v) is 15.9. The first kappa shape index (κ1) is 18.9. The van der Waals surface area contributed by atoms with Gasteiger partial charge >= 0.3 is 6.03 Å². The van der Waals surface area contributed by atoms with Gasteiger partial charge in [0.2, 0.25) is 5.88 Å². The number of anilines is 2. The molecular weight excluding hydrogens is 378 g/mol. The van der Waals surface area contributed by atoms with Crippen LogP contribution in [0.5, 0.6) is 0 Å². The van der Waals surface area contributed by atoms with E-state index in [-0.39, 0.29) is 11.6 Å². The molecule has 0 spiro atoms. The lowest BCUT2D eigenvalue weighted by molar-refractivity contribution is 0.207. The first-order valence-corrected chi connectivity index (χ1v) is 9.30. The average molecular weight is 398 g/mol. The maximum Gasteiger partial charge on any atom is 0.324 e. The van der Waals surface area contributed by atoms with Crippen LogP contribution in [-0.4, -0.2) is 42.3 Å². The van der Waals surface area contributed by atoms with Crippen LogP contribution in [0.2, 0.25) is 0 Å². The molecule has 0 radical (unpaired) electrons. The fraction of sp³-hybridized carbons (Fsp3) is 0.238. The number of carbonyl (C=O) groups excluding carboxylic acids is 1. The lowest BCUT2D eigenvalue weighted by Gasteiger charge is -2.36. The zero-order chi connectivity index (χ0) is 20.4. The predicted molar refractivity (Wildman–Crippen MR) is 106 cm³/mol. The summed E-state index contributed by atoms with van der Waals surface area (Å²) < 4.78 is 32.7. The third-order valence-corrected chi connectivity index (χ3v) is 4.90. The van der Waals surface area contributed by atoms with Gasteiger partial charge in [-0.15, -0.1) is 0 Å². The molecule has 1 fully saturated rings. The minimum Gasteiger partial charge on any atom is -0.368 e. The highest BCUT2D eigenvalue weighted by Gasteiger charge is 2.22. The summed E-state index contributed by atoms with van der Waals surface area (Å²) in [5.41, 5.74) is 2.43. The van der Waals surface area contributed by atoms with Crippen molar-refractivity contribution >= 4 is 17.6 Å². The number of urea groups is 1. The van der Waals surface area contributed by atoms with Gasteiger partial charge in [0.15, 0.2) is 11.6 Å². The SMILES string of the molecule is Cc1cc(NC(=O)N2CCN(c3cccc(-c4cccc(F)c4F)c3)CC2)on1. The van der Waals surface area contributed by atoms with Crippen LogP contribution in [0.3, 0.4) is 0 Å². The van der Waals surface area contributed by atoms with Gasteiger partial charge in [-0.3, -0.25) is 5.32 Å². The number of aromatic nitrogens is 1. The number of halogens is 2. The van der Waals surface area contributed by atoms with E-state index in [2.05, 4.69) is 15.4 Å². The predicted octanol–water partition coefficient (Wildman–Crippen LogP) is 4.28. The second-order valence-electron chi connectivity index (χ2n) is 6.89. The summed E-state index contributed by atoms with van der Waals surface area (Å²) in [7, 11) is 0. The quantitative estimate of drug-likeness (QED) is 0.715. The van der Waals surface area contributed by atoms with Gasteiger partial charge in [0.05, 0.1) is 5.69 Å². The second kappa shape index (κ2) is 7.90. The van der Waals surface area contributed by atoms with Crippen LogP contribution in [0, 0.1) is 18.6 Å². The smallest absolute Gasteiger partial charge is 0.324 e. The molecule has 1 N–H and O–H groups in total. The summed E-state index contributed by atoms with van der Waals surface area (Å²) in [5, 5.41) is 6.44. The Bertz CT molecular complexity index is 1030. The maximum atomic E-state index is 14.1. The summed E-state index contributed by atoms with van der Waals surface area (Å²) in [4.78, 5) is 16.2. The molecule has 0 bridgehead atoms. The Morgan fingerprint density at radius 3 is 2.55 bits per heavy atom. The molecule has 150 valence electrons. The fourth-order valence-electron chi connectivity index (χ4n) is 3.37. The van der Waals surface area contributed by atoms with Crippen molar-refractivity contribution in [2.24, 2.45) is 0 Å². The first-order chi connectivity index (χ1) is 14.0. The number of piperazine rings is 1. The van der Waals surface area contributed by atoms with Crippen molar-refractivity contribution in [2.75, 3.05) is 36.4 Å². The Morgan fingerprint density at radius 2 is 1.83 bits per heavy atom. The van der Waals surface area contributed by atoms with Gasteiger partial charge in [0, 0.05) is 43.5 Å². The standard InChI is InChI=1S/C21H20F2N4O2/c1-14-12-19(29-25-14)24-21(28)27-10-8-26(9-11-27)16-5-2-4-15(13-16)17-6-3-7-18(22)20(17)23/h2-7,12-13H,8-11H2,1H3,(H,24,28). The molecule has 0 aliphatic carbocycles. The Morgan fingerprint density at radius 1 is 1.07 bits per heavy atom. The summed E-state index contributed by atoms with van der Waals surface area (Å²) >= 11 is 0. The molecule has 4 rings (SSSR count). The minimum absolute atomic E-state index is 0.229. The summed E-state index contributed by atoms with van der Waals surface area (Å²) in [6.45, 7) is 4.08. The molecule has 3 aromatic rings. The van der Waals surface area contributed by atoms with Crippen molar-refractivity contribution in [3.05, 3.63) is 65.9 Å². The van der Waals surface area contributed by atoms with E-state index in [1.807, 2.05) is 18.2 Å². The van der Waals surface area contributed by atoms with Crippen LogP contribution in [-0.2, 0) is 0 Å². The highest BCUT2D eigenvalue weighted by molar-refractivity contribution is 5.88. The molecule has 8 heteroatoms. The number of hydrogen-bond donors (Lipinski definition) is 1. The van der Waals surface area contributed by atoms with E-state index in [4.69, 9.17) is 4.52 Å². The molecular formula is C21H20F2N4O2. The number of hydrogen-bond acceptors (Lipinski definition) is 4. The second-order valence-corrected chi connectivity index (χ2v) is 6.89. The van der Waals surface area contributed by atoms with E-state index in [0.717, 1.165) is 11.8 Å². The molecule has 2 amide bonds. The molecule has 0 unspecified atom stereocenters. The molecule has 29 heavy (non-hydrogen) atoms. The van der Waals surface area contributed by atoms with Gasteiger partial charge in [-0.25, -0.2) is 13.6 Å². The van der Waals surface area contributed by atoms with Crippen molar-refractivity contribution < 1.29 is 18.1 Å². The van der Waals surface area contributed by atoms with E-state index in [0.29, 0.717) is 43.3 Å². The molecule has 0 atom stereocenters. The molecule has 1 saturated heterocycles. The Hall–Kier alpha value is -3.42. The summed E-state index contributed by atoms with van der Waals surface area (Å²) in [6, 6.07) is 12.9. The van der Waals surface area contributed by atoms with Crippen molar-refractivity contribution in [3.8, 4) is 11.1 Å². The fourth-order valence-corrected chi connectivity index (χ4v) is 3.37. The molecule has 1 aliphatic rings. The molecule has 2 heterocycles. The minimum atomic E-state index is -0.866. The van der Waals surface area contributed by atoms with E-state index in [9.17, 15) is 13.6 Å². The zero-order valence-electron chi connectivity index (χ0n) is 15.9. The molecule has 0 saturated carbocycles. The summed E-state index contributed by atoms with van der Waals surface area (Å²) in [6.07, 6.45) is 0. The average Bonchev–Trinajstić information content (AvgIpc) is 3.15. The highest BCUT2D eigenvalue weighted by atomic mass is 19.2. The van der Waals surface area contributed by atoms with Gasteiger partial charge in [-0.2, -0.15) is 0 Å². The van der Waals surface area contributed by atoms with Crippen molar-refractivity contribution in [1.29, 1.82) is 0 Å². The molecule has 2 aromatic carbocycles. The topological polar surface area (TPSA) is 61.6 Å². The Kier molecular flexibility index (Phi) is 5.16. The third kappa shape index (κ3) is 4.06. The van der Waals surface area contributed by atoms with Gasteiger partial charge in [-0.05, 0) is 30.7 Å². The monoisotopic (exact) mass is 398 g/mol. The summed E-state index contributed by atoms with van der Waals surface area (Å²) in [5.74, 6) is -1.40. The number of nitrogens with one attached hydrogen (secondary N) is 1. The van der Waals surface area contributed by atoms with E-state index < -0.39 is 11.6 Å². The molecule has 6 nitrogen and oxygen atoms in total. The van der Waals surface area contributed by atoms with Crippen LogP contribution < -0.4 is 10.2 Å². The van der Waals surface area contributed by atoms with Crippen molar-refractivity contribution in [1.82, 2.24) is 10.1 Å². The lowest BCUT2D eigenvalue weighted by Crippen LogP contribution is -2.50. The number of carbonyl (C=O) groups is 1. The molecule has 1 aliphatic heterocycles. The van der Waals surface area contributed by atoms with Gasteiger partial charge in [0.25, 0.3) is 0 Å². The van der Waals surface area contributed by atoms with Crippen LogP contribution in [0.25, 0.3) is 11.1 Å². The number of rotatable bonds is 3. The highest BCUT2D eigenvalue weighted by Crippen LogP contribution is 2.28. The van der Waals surface area contributed by atoms with Crippen molar-refractivity contribution in [2.45, 2.75) is 6.92 Å². The third-order valence-electron chi connectivity index (χ3n) is 4.90. The number of amides is 2. The van der Waals surface area contributed by atoms with Crippen LogP contribution in [0.15, 0.2) is 53.1 Å². The van der Waals surface area contributed by atoms with Crippen LogP contribution in [0.1, 0.15) is 5.69 Å². The van der Waals surface area contributed by atoms with Crippen LogP contribution in [0.4, 0.5) is 25.1 Å². The Balaban J connectivity index is 1.42.